The van der Waals surface area contributed by atoms with Crippen molar-refractivity contribution < 1.29 is 22.7 Å². The minimum Gasteiger partial charge on any atom is -0.463 e. The van der Waals surface area contributed by atoms with Crippen LogP contribution in [0.15, 0.2) is 48.5 Å². The second kappa shape index (κ2) is 10.8. The number of ether oxygens (including phenoxy) is 1. The number of likely N-dealkylation sites (tertiary alicyclic amines) is 1. The number of halogens is 3. The fourth-order valence-electron chi connectivity index (χ4n) is 3.75. The molecule has 0 spiro atoms. The van der Waals surface area contributed by atoms with Crippen molar-refractivity contribution in [2.45, 2.75) is 43.5 Å². The van der Waals surface area contributed by atoms with Crippen LogP contribution in [-0.4, -0.2) is 49.8 Å². The number of benzene rings is 2. The van der Waals surface area contributed by atoms with Crippen LogP contribution in [0.3, 0.4) is 0 Å². The van der Waals surface area contributed by atoms with Crippen molar-refractivity contribution in [3.05, 3.63) is 71.3 Å². The van der Waals surface area contributed by atoms with Gasteiger partial charge in [0.25, 0.3) is 6.47 Å². The molecule has 2 aromatic carbocycles. The molecule has 1 N–H and O–H groups in total. The maximum Gasteiger partial charge on any atom is 0.293 e. The average molecular weight is 435 g/mol. The van der Waals surface area contributed by atoms with E-state index >= 15 is 0 Å². The van der Waals surface area contributed by atoms with Gasteiger partial charge in [-0.05, 0) is 49.6 Å². The first kappa shape index (κ1) is 23.3. The number of piperidine rings is 1. The van der Waals surface area contributed by atoms with E-state index in [4.69, 9.17) is 0 Å². The third-order valence-corrected chi connectivity index (χ3v) is 5.89. The van der Waals surface area contributed by atoms with Crippen LogP contribution in [0.2, 0.25) is 0 Å². The lowest BCUT2D eigenvalue weighted by molar-refractivity contribution is -0.129. The van der Waals surface area contributed by atoms with Crippen LogP contribution >= 0.6 is 0 Å². The molecule has 1 saturated carbocycles. The number of alkyl halides is 1. The molecule has 4 nitrogen and oxygen atoms in total. The maximum absolute atomic E-state index is 14.6. The van der Waals surface area contributed by atoms with Gasteiger partial charge in [0, 0.05) is 31.6 Å². The number of nitrogens with one attached hydrogen (secondary N) is 1. The highest BCUT2D eigenvalue weighted by atomic mass is 19.2. The Morgan fingerprint density at radius 3 is 2.48 bits per heavy atom. The summed E-state index contributed by atoms with van der Waals surface area (Å²) in [5.74, 6) is -1.46. The second-order valence-electron chi connectivity index (χ2n) is 8.35. The molecule has 1 aliphatic heterocycles. The first-order valence-electron chi connectivity index (χ1n) is 10.6. The topological polar surface area (TPSA) is 41.6 Å². The number of nitrogens with zero attached hydrogens (tertiary/aromatic N) is 1. The van der Waals surface area contributed by atoms with Crippen molar-refractivity contribution in [1.29, 1.82) is 0 Å². The van der Waals surface area contributed by atoms with Gasteiger partial charge in [-0.15, -0.1) is 0 Å². The van der Waals surface area contributed by atoms with Gasteiger partial charge >= 0.3 is 0 Å². The lowest BCUT2D eigenvalue weighted by Gasteiger charge is -2.34. The summed E-state index contributed by atoms with van der Waals surface area (Å²) in [5.41, 5.74) is 0.672. The molecule has 1 heterocycles. The summed E-state index contributed by atoms with van der Waals surface area (Å²) in [6.07, 6.45) is 1.97. The molecule has 2 aromatic rings. The molecule has 0 radical (unpaired) electrons. The Balaban J connectivity index is 0.000000229. The van der Waals surface area contributed by atoms with Crippen LogP contribution in [-0.2, 0) is 16.1 Å². The highest BCUT2D eigenvalue weighted by Crippen LogP contribution is 2.41. The molecule has 168 valence electrons. The first-order valence-corrected chi connectivity index (χ1v) is 10.6. The molecule has 2 aliphatic rings. The normalized spacial score (nSPS) is 22.2. The fraction of sp³-hybridized carbons (Fsp3) is 0.458. The summed E-state index contributed by atoms with van der Waals surface area (Å²) in [7, 11) is 2.01. The highest BCUT2D eigenvalue weighted by molar-refractivity contribution is 5.37. The summed E-state index contributed by atoms with van der Waals surface area (Å²) in [6.45, 7) is 2.74. The van der Waals surface area contributed by atoms with E-state index in [0.29, 0.717) is 32.5 Å². The van der Waals surface area contributed by atoms with E-state index in [1.165, 1.54) is 6.07 Å². The molecule has 0 bridgehead atoms. The van der Waals surface area contributed by atoms with Crippen molar-refractivity contribution >= 4 is 6.47 Å². The first-order chi connectivity index (χ1) is 14.9. The van der Waals surface area contributed by atoms with E-state index in [0.717, 1.165) is 36.7 Å². The molecule has 31 heavy (non-hydrogen) atoms. The SMILES string of the molecule is CN1CCC(F)(CNC2CC2c2ccc(F)c(F)c2)CC1.O=COCc1ccccc1. The van der Waals surface area contributed by atoms with Crippen LogP contribution < -0.4 is 5.32 Å². The number of hydrogen-bond donors (Lipinski definition) is 1. The van der Waals surface area contributed by atoms with Crippen molar-refractivity contribution in [2.24, 2.45) is 0 Å². The van der Waals surface area contributed by atoms with Gasteiger partial charge in [0.05, 0.1) is 0 Å². The average Bonchev–Trinajstić information content (AvgIpc) is 3.56. The predicted octanol–water partition coefficient (Wildman–Crippen LogP) is 4.20. The zero-order valence-corrected chi connectivity index (χ0v) is 17.7. The standard InChI is InChI=1S/C16H21F3N2.C8H8O2/c1-21-6-4-16(19,5-7-21)10-20-15-9-12(15)11-2-3-13(17)14(18)8-11;9-7-10-6-8-4-2-1-3-5-8/h2-3,8,12,15,20H,4-7,9-10H2,1H3;1-5,7H,6H2. The van der Waals surface area contributed by atoms with E-state index in [-0.39, 0.29) is 12.0 Å². The number of carbonyl (C=O) groups is 1. The lowest BCUT2D eigenvalue weighted by Crippen LogP contribution is -2.46. The van der Waals surface area contributed by atoms with Crippen LogP contribution in [0.4, 0.5) is 13.2 Å². The van der Waals surface area contributed by atoms with E-state index in [9.17, 15) is 18.0 Å². The molecular weight excluding hydrogens is 405 g/mol. The molecule has 4 rings (SSSR count). The van der Waals surface area contributed by atoms with Crippen molar-refractivity contribution in [2.75, 3.05) is 26.7 Å². The van der Waals surface area contributed by atoms with E-state index < -0.39 is 17.3 Å². The van der Waals surface area contributed by atoms with Gasteiger partial charge in [-0.25, -0.2) is 13.2 Å². The van der Waals surface area contributed by atoms with Crippen molar-refractivity contribution in [3.63, 3.8) is 0 Å². The molecule has 2 fully saturated rings. The Hall–Kier alpha value is -2.38. The van der Waals surface area contributed by atoms with Crippen LogP contribution in [0.1, 0.15) is 36.3 Å². The third kappa shape index (κ3) is 7.08. The fourth-order valence-corrected chi connectivity index (χ4v) is 3.75. The van der Waals surface area contributed by atoms with Crippen LogP contribution in [0.25, 0.3) is 0 Å². The molecule has 0 aromatic heterocycles. The lowest BCUT2D eigenvalue weighted by atomic mass is 9.93. The van der Waals surface area contributed by atoms with E-state index in [1.807, 2.05) is 37.4 Å². The monoisotopic (exact) mass is 434 g/mol. The van der Waals surface area contributed by atoms with Gasteiger partial charge in [0.15, 0.2) is 11.6 Å². The molecule has 2 unspecified atom stereocenters. The van der Waals surface area contributed by atoms with Crippen LogP contribution in [0.5, 0.6) is 0 Å². The molecule has 1 aliphatic carbocycles. The van der Waals surface area contributed by atoms with Crippen LogP contribution in [0, 0.1) is 11.6 Å². The molecule has 2 atom stereocenters. The smallest absolute Gasteiger partial charge is 0.293 e. The zero-order valence-electron chi connectivity index (χ0n) is 17.7. The molecule has 0 amide bonds. The summed E-state index contributed by atoms with van der Waals surface area (Å²) in [5, 5.41) is 3.25. The van der Waals surface area contributed by atoms with Crippen molar-refractivity contribution in [1.82, 2.24) is 10.2 Å². The molecular formula is C24H29F3N2O2. The third-order valence-electron chi connectivity index (χ3n) is 5.89. The Labute approximate surface area is 181 Å². The summed E-state index contributed by atoms with van der Waals surface area (Å²) in [6, 6.07) is 13.8. The summed E-state index contributed by atoms with van der Waals surface area (Å²) < 4.78 is 45.2. The van der Waals surface area contributed by atoms with Gasteiger partial charge in [0.2, 0.25) is 0 Å². The van der Waals surface area contributed by atoms with E-state index in [1.54, 1.807) is 6.07 Å². The minimum absolute atomic E-state index is 0.176. The quantitative estimate of drug-likeness (QED) is 0.663. The predicted molar refractivity (Wildman–Crippen MR) is 113 cm³/mol. The maximum atomic E-state index is 14.6. The van der Waals surface area contributed by atoms with Gasteiger partial charge < -0.3 is 15.0 Å². The largest absolute Gasteiger partial charge is 0.463 e. The Bertz CT molecular complexity index is 842. The Kier molecular flexibility index (Phi) is 8.09. The Morgan fingerprint density at radius 2 is 1.84 bits per heavy atom. The number of rotatable bonds is 7. The minimum atomic E-state index is -1.13. The van der Waals surface area contributed by atoms with Gasteiger partial charge in [-0.3, -0.25) is 4.79 Å². The van der Waals surface area contributed by atoms with Gasteiger partial charge in [0.1, 0.15) is 12.3 Å². The Morgan fingerprint density at radius 1 is 1.13 bits per heavy atom. The second-order valence-corrected chi connectivity index (χ2v) is 8.35. The number of hydrogen-bond acceptors (Lipinski definition) is 4. The molecule has 1 saturated heterocycles. The molecule has 7 heteroatoms. The number of carbonyl (C=O) groups excluding carboxylic acids is 1. The van der Waals surface area contributed by atoms with Crippen molar-refractivity contribution in [3.8, 4) is 0 Å². The summed E-state index contributed by atoms with van der Waals surface area (Å²) in [4.78, 5) is 11.9. The van der Waals surface area contributed by atoms with Gasteiger partial charge in [-0.1, -0.05) is 36.4 Å². The summed E-state index contributed by atoms with van der Waals surface area (Å²) >= 11 is 0. The van der Waals surface area contributed by atoms with Gasteiger partial charge in [-0.2, -0.15) is 0 Å². The zero-order chi connectivity index (χ0) is 22.3. The van der Waals surface area contributed by atoms with E-state index in [2.05, 4.69) is 15.0 Å². The highest BCUT2D eigenvalue weighted by Gasteiger charge is 2.41.